The van der Waals surface area contributed by atoms with E-state index in [1.807, 2.05) is 80.6 Å². The smallest absolute Gasteiger partial charge is 0.274 e. The van der Waals surface area contributed by atoms with Crippen LogP contribution < -0.4 is 20.1 Å². The molecule has 0 bridgehead atoms. The molecule has 0 spiro atoms. The summed E-state index contributed by atoms with van der Waals surface area (Å²) in [5.41, 5.74) is 3.99. The molecule has 0 aliphatic rings. The van der Waals surface area contributed by atoms with Crippen molar-refractivity contribution in [3.63, 3.8) is 0 Å². The molecule has 8 heteroatoms. The van der Waals surface area contributed by atoms with Gasteiger partial charge in [0.1, 0.15) is 17.2 Å². The zero-order chi connectivity index (χ0) is 28.6. The van der Waals surface area contributed by atoms with Gasteiger partial charge in [0.2, 0.25) is 0 Å². The van der Waals surface area contributed by atoms with E-state index in [9.17, 15) is 9.59 Å². The summed E-state index contributed by atoms with van der Waals surface area (Å²) in [4.78, 5) is 26.7. The van der Waals surface area contributed by atoms with Crippen molar-refractivity contribution in [3.8, 4) is 28.4 Å². The number of anilines is 2. The van der Waals surface area contributed by atoms with Gasteiger partial charge in [0.15, 0.2) is 0 Å². The van der Waals surface area contributed by atoms with Crippen molar-refractivity contribution in [1.82, 2.24) is 9.78 Å². The van der Waals surface area contributed by atoms with E-state index in [0.29, 0.717) is 53.0 Å². The van der Waals surface area contributed by atoms with Crippen LogP contribution in [0.25, 0.3) is 16.9 Å². The lowest BCUT2D eigenvalue weighted by atomic mass is 10.1. The summed E-state index contributed by atoms with van der Waals surface area (Å²) in [6, 6.07) is 33.1. The standard InChI is InChI=1S/C33H30N4O4/c1-3-40-30-22-28(31(41-4-2)21-27(30)34-32(38)24-16-10-6-11-17-24)35-33(39)29-20-26(23-14-8-5-9-15-23)36-37(29)25-18-12-7-13-19-25/h5-22H,3-4H2,1-2H3,(H,34,38)(H,35,39). The van der Waals surface area contributed by atoms with E-state index in [2.05, 4.69) is 10.6 Å². The molecule has 0 atom stereocenters. The van der Waals surface area contributed by atoms with Gasteiger partial charge in [-0.25, -0.2) is 4.68 Å². The van der Waals surface area contributed by atoms with Gasteiger partial charge in [0.05, 0.1) is 36.0 Å². The van der Waals surface area contributed by atoms with Crippen LogP contribution in [0.15, 0.2) is 109 Å². The molecule has 0 aliphatic heterocycles. The highest BCUT2D eigenvalue weighted by molar-refractivity contribution is 6.07. The predicted octanol–water partition coefficient (Wildman–Crippen LogP) is 6.84. The average Bonchev–Trinajstić information content (AvgIpc) is 3.47. The lowest BCUT2D eigenvalue weighted by molar-refractivity contribution is 0.101. The maximum absolute atomic E-state index is 13.8. The second kappa shape index (κ2) is 12.7. The Labute approximate surface area is 238 Å². The van der Waals surface area contributed by atoms with Crippen molar-refractivity contribution in [3.05, 3.63) is 120 Å². The van der Waals surface area contributed by atoms with Crippen LogP contribution in [0.4, 0.5) is 11.4 Å². The molecule has 41 heavy (non-hydrogen) atoms. The summed E-state index contributed by atoms with van der Waals surface area (Å²) in [6.07, 6.45) is 0. The van der Waals surface area contributed by atoms with E-state index in [4.69, 9.17) is 14.6 Å². The largest absolute Gasteiger partial charge is 0.492 e. The van der Waals surface area contributed by atoms with Crippen LogP contribution in [0.1, 0.15) is 34.7 Å². The first kappa shape index (κ1) is 27.2. The molecule has 0 aliphatic carbocycles. The number of ether oxygens (including phenoxy) is 2. The summed E-state index contributed by atoms with van der Waals surface area (Å²) in [7, 11) is 0. The van der Waals surface area contributed by atoms with E-state index < -0.39 is 0 Å². The molecule has 0 saturated carbocycles. The molecule has 206 valence electrons. The molecule has 0 saturated heterocycles. The molecule has 1 heterocycles. The molecular weight excluding hydrogens is 516 g/mol. The van der Waals surface area contributed by atoms with Crippen molar-refractivity contribution in [2.75, 3.05) is 23.8 Å². The first-order valence-electron chi connectivity index (χ1n) is 13.4. The van der Waals surface area contributed by atoms with Gasteiger partial charge in [0, 0.05) is 23.3 Å². The molecule has 2 amide bonds. The van der Waals surface area contributed by atoms with Crippen LogP contribution in [0.2, 0.25) is 0 Å². The monoisotopic (exact) mass is 546 g/mol. The number of rotatable bonds is 10. The van der Waals surface area contributed by atoms with Gasteiger partial charge >= 0.3 is 0 Å². The number of hydrogen-bond donors (Lipinski definition) is 2. The molecule has 0 unspecified atom stereocenters. The first-order valence-corrected chi connectivity index (χ1v) is 13.4. The van der Waals surface area contributed by atoms with E-state index in [-0.39, 0.29) is 11.8 Å². The van der Waals surface area contributed by atoms with E-state index in [1.165, 1.54) is 0 Å². The highest BCUT2D eigenvalue weighted by atomic mass is 16.5. The molecule has 1 aromatic heterocycles. The Morgan fingerprint density at radius 2 is 1.20 bits per heavy atom. The Hall–Kier alpha value is -5.37. The fraction of sp³-hybridized carbons (Fsp3) is 0.121. The van der Waals surface area contributed by atoms with Crippen LogP contribution in [-0.4, -0.2) is 34.8 Å². The first-order chi connectivity index (χ1) is 20.1. The van der Waals surface area contributed by atoms with Gasteiger partial charge in [0.25, 0.3) is 11.8 Å². The zero-order valence-corrected chi connectivity index (χ0v) is 22.8. The number of nitrogens with one attached hydrogen (secondary N) is 2. The maximum Gasteiger partial charge on any atom is 0.274 e. The summed E-state index contributed by atoms with van der Waals surface area (Å²) < 4.78 is 13.4. The fourth-order valence-electron chi connectivity index (χ4n) is 4.33. The number of amides is 2. The number of carbonyl (C=O) groups excluding carboxylic acids is 2. The van der Waals surface area contributed by atoms with Crippen molar-refractivity contribution in [2.45, 2.75) is 13.8 Å². The molecule has 5 aromatic rings. The molecule has 0 radical (unpaired) electrons. The van der Waals surface area contributed by atoms with Crippen LogP contribution in [0.3, 0.4) is 0 Å². The van der Waals surface area contributed by atoms with Crippen molar-refractivity contribution < 1.29 is 19.1 Å². The third kappa shape index (κ3) is 6.28. The second-order valence-electron chi connectivity index (χ2n) is 9.01. The molecule has 8 nitrogen and oxygen atoms in total. The van der Waals surface area contributed by atoms with Gasteiger partial charge in [-0.3, -0.25) is 9.59 Å². The van der Waals surface area contributed by atoms with E-state index in [0.717, 1.165) is 11.3 Å². The maximum atomic E-state index is 13.8. The Morgan fingerprint density at radius 1 is 0.683 bits per heavy atom. The van der Waals surface area contributed by atoms with Crippen molar-refractivity contribution >= 4 is 23.2 Å². The van der Waals surface area contributed by atoms with Crippen LogP contribution in [-0.2, 0) is 0 Å². The molecule has 2 N–H and O–H groups in total. The second-order valence-corrected chi connectivity index (χ2v) is 9.01. The van der Waals surface area contributed by atoms with Crippen molar-refractivity contribution in [2.24, 2.45) is 0 Å². The van der Waals surface area contributed by atoms with Crippen LogP contribution in [0, 0.1) is 0 Å². The Kier molecular flexibility index (Phi) is 8.40. The number of para-hydroxylation sites is 1. The lowest BCUT2D eigenvalue weighted by Gasteiger charge is -2.18. The molecule has 4 aromatic carbocycles. The third-order valence-corrected chi connectivity index (χ3v) is 6.23. The minimum atomic E-state index is -0.381. The van der Waals surface area contributed by atoms with Gasteiger partial charge < -0.3 is 20.1 Å². The summed E-state index contributed by atoms with van der Waals surface area (Å²) in [5, 5.41) is 10.6. The third-order valence-electron chi connectivity index (χ3n) is 6.23. The molecule has 5 rings (SSSR count). The lowest BCUT2D eigenvalue weighted by Crippen LogP contribution is -2.18. The Morgan fingerprint density at radius 3 is 1.76 bits per heavy atom. The number of aromatic nitrogens is 2. The van der Waals surface area contributed by atoms with E-state index >= 15 is 0 Å². The number of carbonyl (C=O) groups is 2. The van der Waals surface area contributed by atoms with Gasteiger partial charge in [-0.15, -0.1) is 0 Å². The van der Waals surface area contributed by atoms with Crippen LogP contribution in [0.5, 0.6) is 11.5 Å². The number of hydrogen-bond acceptors (Lipinski definition) is 5. The highest BCUT2D eigenvalue weighted by Crippen LogP contribution is 2.37. The van der Waals surface area contributed by atoms with Gasteiger partial charge in [-0.1, -0.05) is 66.7 Å². The topological polar surface area (TPSA) is 94.5 Å². The Balaban J connectivity index is 1.51. The van der Waals surface area contributed by atoms with Gasteiger partial charge in [-0.05, 0) is 44.2 Å². The predicted molar refractivity (Wildman–Crippen MR) is 160 cm³/mol. The quantitative estimate of drug-likeness (QED) is 0.200. The molecular formula is C33H30N4O4. The van der Waals surface area contributed by atoms with Crippen LogP contribution >= 0.6 is 0 Å². The fourth-order valence-corrected chi connectivity index (χ4v) is 4.33. The van der Waals surface area contributed by atoms with Crippen molar-refractivity contribution in [1.29, 1.82) is 0 Å². The SMILES string of the molecule is CCOc1cc(NC(=O)c2cc(-c3ccccc3)nn2-c2ccccc2)c(OCC)cc1NC(=O)c1ccccc1. The molecule has 0 fully saturated rings. The average molecular weight is 547 g/mol. The minimum absolute atomic E-state index is 0.286. The Bertz CT molecular complexity index is 1630. The zero-order valence-electron chi connectivity index (χ0n) is 22.8. The number of benzene rings is 4. The summed E-state index contributed by atoms with van der Waals surface area (Å²) >= 11 is 0. The van der Waals surface area contributed by atoms with E-state index in [1.54, 1.807) is 47.1 Å². The highest BCUT2D eigenvalue weighted by Gasteiger charge is 2.21. The summed E-state index contributed by atoms with van der Waals surface area (Å²) in [5.74, 6) is 0.123. The minimum Gasteiger partial charge on any atom is -0.492 e. The number of nitrogens with zero attached hydrogens (tertiary/aromatic N) is 2. The normalized spacial score (nSPS) is 10.6. The summed E-state index contributed by atoms with van der Waals surface area (Å²) in [6.45, 7) is 4.40. The van der Waals surface area contributed by atoms with Gasteiger partial charge in [-0.2, -0.15) is 5.10 Å².